The van der Waals surface area contributed by atoms with Crippen LogP contribution in [0.5, 0.6) is 0 Å². The minimum Gasteiger partial charge on any atom is -0.330 e. The van der Waals surface area contributed by atoms with Gasteiger partial charge in [-0.1, -0.05) is 0 Å². The number of hydrogen-bond donors (Lipinski definition) is 1. The summed E-state index contributed by atoms with van der Waals surface area (Å²) in [6.45, 7) is 5.43. The molecule has 0 unspecified atom stereocenters. The van der Waals surface area contributed by atoms with Gasteiger partial charge in [-0.05, 0) is 38.8 Å². The van der Waals surface area contributed by atoms with Crippen molar-refractivity contribution in [3.8, 4) is 0 Å². The molecular weight excluding hydrogens is 252 g/mol. The van der Waals surface area contributed by atoms with E-state index in [1.165, 1.54) is 10.5 Å². The van der Waals surface area contributed by atoms with Crippen LogP contribution >= 0.6 is 0 Å². The highest BCUT2D eigenvalue weighted by Gasteiger charge is 2.34. The number of sulfonamides is 1. The molecule has 7 heteroatoms. The molecule has 1 aliphatic heterocycles. The van der Waals surface area contributed by atoms with E-state index in [1.807, 2.05) is 13.8 Å². The van der Waals surface area contributed by atoms with Gasteiger partial charge in [-0.2, -0.15) is 9.40 Å². The van der Waals surface area contributed by atoms with Crippen molar-refractivity contribution in [3.63, 3.8) is 0 Å². The molecule has 2 heterocycles. The second-order valence-electron chi connectivity index (χ2n) is 4.96. The zero-order chi connectivity index (χ0) is 13.3. The number of rotatable bonds is 4. The molecule has 2 N–H and O–H groups in total. The highest BCUT2D eigenvalue weighted by Crippen LogP contribution is 2.24. The topological polar surface area (TPSA) is 81.2 Å². The molecule has 1 aliphatic rings. The van der Waals surface area contributed by atoms with E-state index in [2.05, 4.69) is 5.10 Å². The van der Waals surface area contributed by atoms with Gasteiger partial charge in [0.2, 0.25) is 0 Å². The van der Waals surface area contributed by atoms with Crippen molar-refractivity contribution in [2.45, 2.75) is 31.3 Å². The first-order chi connectivity index (χ1) is 8.46. The molecular formula is C11H20N4O2S. The smallest absolute Gasteiger partial charge is 0.260 e. The highest BCUT2D eigenvalue weighted by molar-refractivity contribution is 7.89. The molecule has 6 nitrogen and oxygen atoms in total. The highest BCUT2D eigenvalue weighted by atomic mass is 32.2. The lowest BCUT2D eigenvalue weighted by atomic mass is 10.1. The van der Waals surface area contributed by atoms with Gasteiger partial charge in [-0.3, -0.25) is 4.68 Å². The van der Waals surface area contributed by atoms with Gasteiger partial charge in [-0.25, -0.2) is 8.42 Å². The van der Waals surface area contributed by atoms with Gasteiger partial charge in [-0.15, -0.1) is 0 Å². The molecule has 0 saturated carbocycles. The molecule has 0 bridgehead atoms. The third kappa shape index (κ3) is 2.30. The van der Waals surface area contributed by atoms with Gasteiger partial charge in [0.25, 0.3) is 10.0 Å². The van der Waals surface area contributed by atoms with E-state index in [9.17, 15) is 8.42 Å². The Kier molecular flexibility index (Phi) is 3.74. The lowest BCUT2D eigenvalue weighted by Gasteiger charge is -2.18. The van der Waals surface area contributed by atoms with Gasteiger partial charge in [0, 0.05) is 19.1 Å². The molecule has 0 radical (unpaired) electrons. The quantitative estimate of drug-likeness (QED) is 0.862. The molecule has 0 amide bonds. The number of nitrogens with two attached hydrogens (primary N) is 1. The average Bonchev–Trinajstić information content (AvgIpc) is 2.98. The van der Waals surface area contributed by atoms with Crippen LogP contribution in [0.4, 0.5) is 0 Å². The van der Waals surface area contributed by atoms with Crippen molar-refractivity contribution in [2.24, 2.45) is 11.7 Å². The SMILES string of the molecule is CC(C)n1nccc1S(=O)(=O)N1CC[C@@H](CN)C1. The van der Waals surface area contributed by atoms with E-state index >= 15 is 0 Å². The Labute approximate surface area is 108 Å². The Balaban J connectivity index is 2.29. The Morgan fingerprint density at radius 1 is 1.56 bits per heavy atom. The Morgan fingerprint density at radius 3 is 2.83 bits per heavy atom. The summed E-state index contributed by atoms with van der Waals surface area (Å²) in [4.78, 5) is 0. The summed E-state index contributed by atoms with van der Waals surface area (Å²) < 4.78 is 28.1. The van der Waals surface area contributed by atoms with Crippen LogP contribution in [-0.4, -0.2) is 42.1 Å². The monoisotopic (exact) mass is 272 g/mol. The lowest BCUT2D eigenvalue weighted by molar-refractivity contribution is 0.431. The van der Waals surface area contributed by atoms with Crippen LogP contribution < -0.4 is 5.73 Å². The first-order valence-electron chi connectivity index (χ1n) is 6.20. The predicted octanol–water partition coefficient (Wildman–Crippen LogP) is 0.433. The summed E-state index contributed by atoms with van der Waals surface area (Å²) in [5.74, 6) is 0.273. The van der Waals surface area contributed by atoms with Crippen LogP contribution in [0, 0.1) is 5.92 Å². The molecule has 1 fully saturated rings. The largest absolute Gasteiger partial charge is 0.330 e. The first-order valence-corrected chi connectivity index (χ1v) is 7.64. The second-order valence-corrected chi connectivity index (χ2v) is 6.85. The third-order valence-corrected chi connectivity index (χ3v) is 5.17. The summed E-state index contributed by atoms with van der Waals surface area (Å²) in [7, 11) is -3.44. The molecule has 1 aromatic heterocycles. The number of aromatic nitrogens is 2. The predicted molar refractivity (Wildman–Crippen MR) is 68.5 cm³/mol. The van der Waals surface area contributed by atoms with E-state index in [4.69, 9.17) is 5.73 Å². The molecule has 1 saturated heterocycles. The summed E-state index contributed by atoms with van der Waals surface area (Å²) in [6.07, 6.45) is 2.37. The van der Waals surface area contributed by atoms with Gasteiger partial charge in [0.1, 0.15) is 0 Å². The maximum atomic E-state index is 12.5. The average molecular weight is 272 g/mol. The summed E-state index contributed by atoms with van der Waals surface area (Å²) in [5.41, 5.74) is 5.60. The van der Waals surface area contributed by atoms with Crippen LogP contribution in [0.2, 0.25) is 0 Å². The van der Waals surface area contributed by atoms with Crippen LogP contribution in [-0.2, 0) is 10.0 Å². The van der Waals surface area contributed by atoms with Gasteiger partial charge in [0.15, 0.2) is 5.03 Å². The second kappa shape index (κ2) is 4.99. The normalized spacial score (nSPS) is 21.9. The van der Waals surface area contributed by atoms with Crippen LogP contribution in [0.3, 0.4) is 0 Å². The Morgan fingerprint density at radius 2 is 2.28 bits per heavy atom. The summed E-state index contributed by atoms with van der Waals surface area (Å²) in [6, 6.07) is 1.59. The molecule has 0 aliphatic carbocycles. The van der Waals surface area contributed by atoms with E-state index in [0.717, 1.165) is 6.42 Å². The molecule has 1 atom stereocenters. The van der Waals surface area contributed by atoms with Crippen molar-refractivity contribution < 1.29 is 8.42 Å². The fraction of sp³-hybridized carbons (Fsp3) is 0.727. The van der Waals surface area contributed by atoms with E-state index in [1.54, 1.807) is 10.7 Å². The third-order valence-electron chi connectivity index (χ3n) is 3.31. The van der Waals surface area contributed by atoms with Crippen molar-refractivity contribution in [2.75, 3.05) is 19.6 Å². The molecule has 1 aromatic rings. The zero-order valence-electron chi connectivity index (χ0n) is 10.8. The van der Waals surface area contributed by atoms with E-state index in [0.29, 0.717) is 19.6 Å². The fourth-order valence-corrected chi connectivity index (χ4v) is 3.98. The van der Waals surface area contributed by atoms with Gasteiger partial charge in [0.05, 0.1) is 6.20 Å². The van der Waals surface area contributed by atoms with Gasteiger partial charge >= 0.3 is 0 Å². The first kappa shape index (κ1) is 13.5. The maximum Gasteiger partial charge on any atom is 0.260 e. The minimum atomic E-state index is -3.44. The van der Waals surface area contributed by atoms with E-state index in [-0.39, 0.29) is 17.0 Å². The summed E-state index contributed by atoms with van der Waals surface area (Å²) in [5, 5.41) is 4.35. The fourth-order valence-electron chi connectivity index (χ4n) is 2.23. The minimum absolute atomic E-state index is 0.0256. The molecule has 18 heavy (non-hydrogen) atoms. The lowest BCUT2D eigenvalue weighted by Crippen LogP contribution is -2.32. The maximum absolute atomic E-state index is 12.5. The standard InChI is InChI=1S/C11H20N4O2S/c1-9(2)15-11(3-5-13-15)18(16,17)14-6-4-10(7-12)8-14/h3,5,9-10H,4,6-8,12H2,1-2H3/t10-/m0/s1. The number of nitrogens with zero attached hydrogens (tertiary/aromatic N) is 3. The molecule has 2 rings (SSSR count). The number of hydrogen-bond acceptors (Lipinski definition) is 4. The van der Waals surface area contributed by atoms with Crippen LogP contribution in [0.15, 0.2) is 17.3 Å². The van der Waals surface area contributed by atoms with E-state index < -0.39 is 10.0 Å². The van der Waals surface area contributed by atoms with Crippen LogP contribution in [0.25, 0.3) is 0 Å². The Hall–Kier alpha value is -0.920. The molecule has 102 valence electrons. The molecule has 0 spiro atoms. The van der Waals surface area contributed by atoms with Crippen molar-refractivity contribution in [1.29, 1.82) is 0 Å². The van der Waals surface area contributed by atoms with Crippen molar-refractivity contribution in [3.05, 3.63) is 12.3 Å². The van der Waals surface area contributed by atoms with Crippen molar-refractivity contribution >= 4 is 10.0 Å². The molecule has 0 aromatic carbocycles. The zero-order valence-corrected chi connectivity index (χ0v) is 11.6. The summed E-state index contributed by atoms with van der Waals surface area (Å²) >= 11 is 0. The Bertz CT molecular complexity index is 509. The van der Waals surface area contributed by atoms with Gasteiger partial charge < -0.3 is 5.73 Å². The van der Waals surface area contributed by atoms with Crippen molar-refractivity contribution in [1.82, 2.24) is 14.1 Å². The van der Waals surface area contributed by atoms with Crippen LogP contribution in [0.1, 0.15) is 26.3 Å².